The van der Waals surface area contributed by atoms with Crippen molar-refractivity contribution in [1.82, 2.24) is 0 Å². The second-order valence-electron chi connectivity index (χ2n) is 4.96. The van der Waals surface area contributed by atoms with Crippen molar-refractivity contribution in [1.29, 1.82) is 0 Å². The van der Waals surface area contributed by atoms with E-state index < -0.39 is 0 Å². The number of benzene rings is 2. The smallest absolute Gasteiger partial charge is 0.166 e. The van der Waals surface area contributed by atoms with Gasteiger partial charge in [0, 0.05) is 24.3 Å². The third-order valence-electron chi connectivity index (χ3n) is 3.82. The van der Waals surface area contributed by atoms with Crippen LogP contribution >= 0.6 is 0 Å². The van der Waals surface area contributed by atoms with Crippen LogP contribution in [-0.2, 0) is 0 Å². The fourth-order valence-electron chi connectivity index (χ4n) is 2.80. The predicted molar refractivity (Wildman–Crippen MR) is 90.8 cm³/mol. The molecule has 2 aromatic carbocycles. The van der Waals surface area contributed by atoms with Gasteiger partial charge in [0.1, 0.15) is 0 Å². The van der Waals surface area contributed by atoms with Gasteiger partial charge in [-0.3, -0.25) is 0 Å². The molecule has 1 atom stereocenters. The average molecular weight is 300 g/mol. The normalized spacial score (nSPS) is 11.8. The molecule has 1 unspecified atom stereocenters. The molecule has 0 fully saturated rings. The lowest BCUT2D eigenvalue weighted by Gasteiger charge is -2.33. The molecule has 0 saturated heterocycles. The molecule has 0 aliphatic rings. The van der Waals surface area contributed by atoms with Crippen LogP contribution in [-0.4, -0.2) is 27.3 Å². The van der Waals surface area contributed by atoms with Crippen LogP contribution in [0.1, 0.15) is 18.5 Å². The molecular formula is C18H24N2O2. The molecule has 0 bridgehead atoms. The van der Waals surface area contributed by atoms with Crippen LogP contribution < -0.4 is 20.1 Å². The molecule has 2 aromatic rings. The molecule has 22 heavy (non-hydrogen) atoms. The lowest BCUT2D eigenvalue weighted by atomic mass is 10.0. The molecule has 2 rings (SSSR count). The Bertz CT molecular complexity index is 587. The number of hydrogen-bond acceptors (Lipinski definition) is 4. The van der Waals surface area contributed by atoms with Gasteiger partial charge >= 0.3 is 0 Å². The molecule has 118 valence electrons. The van der Waals surface area contributed by atoms with Gasteiger partial charge in [-0.2, -0.15) is 0 Å². The molecule has 4 heteroatoms. The van der Waals surface area contributed by atoms with Gasteiger partial charge in [0.25, 0.3) is 0 Å². The van der Waals surface area contributed by atoms with Crippen LogP contribution in [0.4, 0.5) is 5.69 Å². The van der Waals surface area contributed by atoms with Crippen molar-refractivity contribution in [3.63, 3.8) is 0 Å². The van der Waals surface area contributed by atoms with Crippen molar-refractivity contribution in [3.8, 4) is 11.5 Å². The number of rotatable bonds is 7. The van der Waals surface area contributed by atoms with Crippen LogP contribution in [0.2, 0.25) is 0 Å². The minimum absolute atomic E-state index is 0.0254. The van der Waals surface area contributed by atoms with Gasteiger partial charge in [-0.1, -0.05) is 30.3 Å². The van der Waals surface area contributed by atoms with Crippen molar-refractivity contribution >= 4 is 5.69 Å². The number of anilines is 1. The molecule has 0 heterocycles. The Morgan fingerprint density at radius 2 is 1.73 bits per heavy atom. The van der Waals surface area contributed by atoms with E-state index in [9.17, 15) is 0 Å². The van der Waals surface area contributed by atoms with Gasteiger partial charge < -0.3 is 20.1 Å². The SMILES string of the molecule is CCN(c1ccccc1)C(CN)c1cccc(OC)c1OC. The molecule has 0 amide bonds. The minimum Gasteiger partial charge on any atom is -0.493 e. The number of ether oxygens (including phenoxy) is 2. The Morgan fingerprint density at radius 3 is 2.27 bits per heavy atom. The second-order valence-corrected chi connectivity index (χ2v) is 4.96. The van der Waals surface area contributed by atoms with Gasteiger partial charge in [0.05, 0.1) is 20.3 Å². The molecule has 0 radical (unpaired) electrons. The number of nitrogens with zero attached hydrogens (tertiary/aromatic N) is 1. The summed E-state index contributed by atoms with van der Waals surface area (Å²) in [5.41, 5.74) is 8.28. The molecule has 0 spiro atoms. The Labute approximate surface area is 132 Å². The summed E-state index contributed by atoms with van der Waals surface area (Å²) in [4.78, 5) is 2.28. The molecule has 0 aliphatic heterocycles. The molecule has 0 aromatic heterocycles. The van der Waals surface area contributed by atoms with Crippen LogP contribution in [0.15, 0.2) is 48.5 Å². The van der Waals surface area contributed by atoms with Gasteiger partial charge in [-0.25, -0.2) is 0 Å². The van der Waals surface area contributed by atoms with Gasteiger partial charge in [-0.15, -0.1) is 0 Å². The Kier molecular flexibility index (Phi) is 5.67. The number of methoxy groups -OCH3 is 2. The zero-order valence-corrected chi connectivity index (χ0v) is 13.5. The summed E-state index contributed by atoms with van der Waals surface area (Å²) in [7, 11) is 3.31. The van der Waals surface area contributed by atoms with Crippen molar-refractivity contribution in [3.05, 3.63) is 54.1 Å². The summed E-state index contributed by atoms with van der Waals surface area (Å²) in [6.07, 6.45) is 0. The van der Waals surface area contributed by atoms with Crippen LogP contribution in [0.5, 0.6) is 11.5 Å². The number of likely N-dealkylation sites (N-methyl/N-ethyl adjacent to an activating group) is 1. The van der Waals surface area contributed by atoms with E-state index in [4.69, 9.17) is 15.2 Å². The minimum atomic E-state index is 0.0254. The third kappa shape index (κ3) is 3.17. The number of para-hydroxylation sites is 2. The lowest BCUT2D eigenvalue weighted by Crippen LogP contribution is -2.34. The summed E-state index contributed by atoms with van der Waals surface area (Å²) in [5.74, 6) is 1.47. The molecule has 4 nitrogen and oxygen atoms in total. The van der Waals surface area contributed by atoms with Crippen LogP contribution in [0.25, 0.3) is 0 Å². The highest BCUT2D eigenvalue weighted by Gasteiger charge is 2.23. The van der Waals surface area contributed by atoms with Gasteiger partial charge in [-0.05, 0) is 25.1 Å². The fraction of sp³-hybridized carbons (Fsp3) is 0.333. The lowest BCUT2D eigenvalue weighted by molar-refractivity contribution is 0.349. The van der Waals surface area contributed by atoms with E-state index in [2.05, 4.69) is 24.0 Å². The van der Waals surface area contributed by atoms with Gasteiger partial charge in [0.15, 0.2) is 11.5 Å². The van der Waals surface area contributed by atoms with Crippen molar-refractivity contribution < 1.29 is 9.47 Å². The fourth-order valence-corrected chi connectivity index (χ4v) is 2.80. The third-order valence-corrected chi connectivity index (χ3v) is 3.82. The highest BCUT2D eigenvalue weighted by Crippen LogP contribution is 2.37. The number of nitrogens with two attached hydrogens (primary N) is 1. The molecule has 0 saturated carbocycles. The highest BCUT2D eigenvalue weighted by atomic mass is 16.5. The summed E-state index contributed by atoms with van der Waals surface area (Å²) in [6, 6.07) is 16.2. The first-order chi connectivity index (χ1) is 10.8. The van der Waals surface area contributed by atoms with E-state index >= 15 is 0 Å². The second kappa shape index (κ2) is 7.71. The van der Waals surface area contributed by atoms with E-state index in [0.717, 1.165) is 29.3 Å². The summed E-state index contributed by atoms with van der Waals surface area (Å²) in [5, 5.41) is 0. The summed E-state index contributed by atoms with van der Waals surface area (Å²) >= 11 is 0. The molecule has 2 N–H and O–H groups in total. The topological polar surface area (TPSA) is 47.7 Å². The van der Waals surface area contributed by atoms with Crippen molar-refractivity contribution in [2.75, 3.05) is 32.2 Å². The summed E-state index contributed by atoms with van der Waals surface area (Å²) < 4.78 is 11.0. The largest absolute Gasteiger partial charge is 0.493 e. The van der Waals surface area contributed by atoms with Gasteiger partial charge in [0.2, 0.25) is 0 Å². The van der Waals surface area contributed by atoms with Crippen LogP contribution in [0.3, 0.4) is 0 Å². The highest BCUT2D eigenvalue weighted by molar-refractivity contribution is 5.54. The standard InChI is InChI=1S/C18H24N2O2/c1-4-20(14-9-6-5-7-10-14)16(13-19)15-11-8-12-17(21-2)18(15)22-3/h5-12,16H,4,13,19H2,1-3H3. The van der Waals surface area contributed by atoms with E-state index in [-0.39, 0.29) is 6.04 Å². The Balaban J connectivity index is 2.47. The Hall–Kier alpha value is -2.20. The average Bonchev–Trinajstić information content (AvgIpc) is 2.59. The Morgan fingerprint density at radius 1 is 1.00 bits per heavy atom. The van der Waals surface area contributed by atoms with E-state index in [0.29, 0.717) is 6.54 Å². The van der Waals surface area contributed by atoms with Crippen molar-refractivity contribution in [2.24, 2.45) is 5.73 Å². The zero-order valence-electron chi connectivity index (χ0n) is 13.5. The summed E-state index contributed by atoms with van der Waals surface area (Å²) in [6.45, 7) is 3.47. The quantitative estimate of drug-likeness (QED) is 0.853. The zero-order chi connectivity index (χ0) is 15.9. The molecular weight excluding hydrogens is 276 g/mol. The maximum absolute atomic E-state index is 6.10. The predicted octanol–water partition coefficient (Wildman–Crippen LogP) is 3.23. The van der Waals surface area contributed by atoms with E-state index in [1.165, 1.54) is 0 Å². The first-order valence-corrected chi connectivity index (χ1v) is 7.49. The van der Waals surface area contributed by atoms with E-state index in [1.54, 1.807) is 14.2 Å². The maximum Gasteiger partial charge on any atom is 0.166 e. The number of hydrogen-bond donors (Lipinski definition) is 1. The first-order valence-electron chi connectivity index (χ1n) is 7.49. The van der Waals surface area contributed by atoms with Crippen LogP contribution in [0, 0.1) is 0 Å². The van der Waals surface area contributed by atoms with Crippen molar-refractivity contribution in [2.45, 2.75) is 13.0 Å². The maximum atomic E-state index is 6.10. The van der Waals surface area contributed by atoms with E-state index in [1.807, 2.05) is 36.4 Å². The monoisotopic (exact) mass is 300 g/mol. The molecule has 0 aliphatic carbocycles. The first kappa shape index (κ1) is 16.2.